The van der Waals surface area contributed by atoms with E-state index in [0.717, 1.165) is 54.4 Å². The fourth-order valence-corrected chi connectivity index (χ4v) is 4.08. The smallest absolute Gasteiger partial charge is 0.319 e. The number of carbonyl (C=O) groups is 1. The van der Waals surface area contributed by atoms with Gasteiger partial charge in [0.15, 0.2) is 0 Å². The molecule has 28 heavy (non-hydrogen) atoms. The van der Waals surface area contributed by atoms with Crippen LogP contribution in [0.15, 0.2) is 47.3 Å². The van der Waals surface area contributed by atoms with Crippen molar-refractivity contribution in [2.24, 2.45) is 0 Å². The van der Waals surface area contributed by atoms with Gasteiger partial charge in [-0.05, 0) is 36.8 Å². The molecule has 1 aliphatic heterocycles. The van der Waals surface area contributed by atoms with Crippen molar-refractivity contribution in [1.82, 2.24) is 10.2 Å². The van der Waals surface area contributed by atoms with Crippen LogP contribution in [0.1, 0.15) is 31.4 Å². The number of hydrogen-bond acceptors (Lipinski definition) is 5. The average molecular weight is 404 g/mol. The van der Waals surface area contributed by atoms with Crippen molar-refractivity contribution in [1.29, 1.82) is 0 Å². The molecular weight excluding hydrogens is 374 g/mol. The van der Waals surface area contributed by atoms with Gasteiger partial charge in [0.05, 0.1) is 25.2 Å². The van der Waals surface area contributed by atoms with Gasteiger partial charge in [-0.15, -0.1) is 0 Å². The van der Waals surface area contributed by atoms with E-state index in [-0.39, 0.29) is 12.1 Å². The van der Waals surface area contributed by atoms with Gasteiger partial charge in [0.25, 0.3) is 0 Å². The van der Waals surface area contributed by atoms with Crippen LogP contribution in [-0.2, 0) is 0 Å². The van der Waals surface area contributed by atoms with Gasteiger partial charge in [-0.1, -0.05) is 13.3 Å². The second-order valence-electron chi connectivity index (χ2n) is 6.78. The number of unbranched alkanes of at least 4 members (excludes halogenated alkanes) is 1. The molecule has 6 nitrogen and oxygen atoms in total. The summed E-state index contributed by atoms with van der Waals surface area (Å²) in [5.41, 5.74) is 1.84. The lowest BCUT2D eigenvalue weighted by Gasteiger charge is -2.33. The zero-order chi connectivity index (χ0) is 19.6. The molecule has 0 unspecified atom stereocenters. The van der Waals surface area contributed by atoms with Gasteiger partial charge in [-0.3, -0.25) is 4.90 Å². The van der Waals surface area contributed by atoms with E-state index in [1.807, 2.05) is 42.1 Å². The summed E-state index contributed by atoms with van der Waals surface area (Å²) in [5, 5.41) is 5.89. The Morgan fingerprint density at radius 2 is 2.04 bits per heavy atom. The van der Waals surface area contributed by atoms with E-state index in [9.17, 15) is 4.79 Å². The van der Waals surface area contributed by atoms with Crippen LogP contribution in [0.2, 0.25) is 0 Å². The molecule has 0 saturated carbocycles. The normalized spacial score (nSPS) is 15.8. The predicted octanol–water partition coefficient (Wildman–Crippen LogP) is 4.37. The van der Waals surface area contributed by atoms with Crippen LogP contribution in [0, 0.1) is 0 Å². The summed E-state index contributed by atoms with van der Waals surface area (Å²) < 4.78 is 10.9. The second-order valence-corrected chi connectivity index (χ2v) is 8.01. The maximum absolute atomic E-state index is 12.4. The molecular formula is C21H29N3O3S. The van der Waals surface area contributed by atoms with E-state index < -0.39 is 0 Å². The first-order valence-corrected chi connectivity index (χ1v) is 11.0. The van der Waals surface area contributed by atoms with Crippen molar-refractivity contribution in [3.05, 3.63) is 48.4 Å². The number of urea groups is 1. The Morgan fingerprint density at radius 1 is 1.25 bits per heavy atom. The van der Waals surface area contributed by atoms with E-state index in [2.05, 4.69) is 22.5 Å². The molecule has 1 aliphatic rings. The Bertz CT molecular complexity index is 700. The van der Waals surface area contributed by atoms with Crippen LogP contribution in [-0.4, -0.2) is 48.7 Å². The maximum Gasteiger partial charge on any atom is 0.319 e. The Hall–Kier alpha value is -2.12. The number of thioether (sulfide) groups is 1. The van der Waals surface area contributed by atoms with Crippen molar-refractivity contribution in [2.45, 2.75) is 25.8 Å². The van der Waals surface area contributed by atoms with Gasteiger partial charge in [0.1, 0.15) is 5.75 Å². The average Bonchev–Trinajstić information content (AvgIpc) is 3.25. The van der Waals surface area contributed by atoms with E-state index in [1.165, 1.54) is 0 Å². The molecule has 0 bridgehead atoms. The molecule has 2 N–H and O–H groups in total. The Kier molecular flexibility index (Phi) is 8.11. The molecule has 7 heteroatoms. The number of amides is 2. The highest BCUT2D eigenvalue weighted by Crippen LogP contribution is 2.24. The first kappa shape index (κ1) is 20.6. The van der Waals surface area contributed by atoms with Crippen molar-refractivity contribution in [3.8, 4) is 5.75 Å². The Morgan fingerprint density at radius 3 is 2.71 bits per heavy atom. The molecule has 0 radical (unpaired) electrons. The minimum Gasteiger partial charge on any atom is -0.494 e. The SMILES string of the molecule is CCCCOc1ccc(NC(=O)NC[C@@H](c2ccoc2)N2CCSCC2)cc1. The lowest BCUT2D eigenvalue weighted by Crippen LogP contribution is -2.42. The second kappa shape index (κ2) is 11.0. The summed E-state index contributed by atoms with van der Waals surface area (Å²) in [5.74, 6) is 3.06. The largest absolute Gasteiger partial charge is 0.494 e. The van der Waals surface area contributed by atoms with Crippen LogP contribution in [0.25, 0.3) is 0 Å². The number of nitrogens with zero attached hydrogens (tertiary/aromatic N) is 1. The number of hydrogen-bond donors (Lipinski definition) is 2. The Labute approximate surface area is 171 Å². The maximum atomic E-state index is 12.4. The summed E-state index contributed by atoms with van der Waals surface area (Å²) >= 11 is 1.97. The summed E-state index contributed by atoms with van der Waals surface area (Å²) in [6, 6.07) is 9.37. The van der Waals surface area contributed by atoms with Gasteiger partial charge >= 0.3 is 6.03 Å². The van der Waals surface area contributed by atoms with Crippen molar-refractivity contribution < 1.29 is 13.9 Å². The van der Waals surface area contributed by atoms with Crippen molar-refractivity contribution in [3.63, 3.8) is 0 Å². The minimum absolute atomic E-state index is 0.125. The van der Waals surface area contributed by atoms with Gasteiger partial charge in [-0.2, -0.15) is 11.8 Å². The number of nitrogens with one attached hydrogen (secondary N) is 2. The lowest BCUT2D eigenvalue weighted by molar-refractivity contribution is 0.208. The third kappa shape index (κ3) is 6.21. The third-order valence-electron chi connectivity index (χ3n) is 4.75. The molecule has 1 saturated heterocycles. The first-order chi connectivity index (χ1) is 13.8. The number of rotatable bonds is 9. The summed E-state index contributed by atoms with van der Waals surface area (Å²) in [6.45, 7) is 5.42. The van der Waals surface area contributed by atoms with E-state index in [4.69, 9.17) is 9.15 Å². The number of anilines is 1. The van der Waals surface area contributed by atoms with Crippen molar-refractivity contribution in [2.75, 3.05) is 43.1 Å². The minimum atomic E-state index is -0.209. The molecule has 152 valence electrons. The van der Waals surface area contributed by atoms with Gasteiger partial charge in [-0.25, -0.2) is 4.79 Å². The zero-order valence-electron chi connectivity index (χ0n) is 16.4. The molecule has 2 aromatic rings. The molecule has 2 amide bonds. The number of ether oxygens (including phenoxy) is 1. The predicted molar refractivity (Wildman–Crippen MR) is 114 cm³/mol. The fraction of sp³-hybridized carbons (Fsp3) is 0.476. The quantitative estimate of drug-likeness (QED) is 0.609. The molecule has 1 aromatic carbocycles. The summed E-state index contributed by atoms with van der Waals surface area (Å²) in [6.07, 6.45) is 5.60. The van der Waals surface area contributed by atoms with E-state index in [1.54, 1.807) is 12.5 Å². The molecule has 2 heterocycles. The number of furan rings is 1. The highest BCUT2D eigenvalue weighted by Gasteiger charge is 2.23. The van der Waals surface area contributed by atoms with Crippen LogP contribution in [0.5, 0.6) is 5.75 Å². The highest BCUT2D eigenvalue weighted by atomic mass is 32.2. The monoisotopic (exact) mass is 403 g/mol. The molecule has 1 atom stereocenters. The van der Waals surface area contributed by atoms with Crippen LogP contribution < -0.4 is 15.4 Å². The summed E-state index contributed by atoms with van der Waals surface area (Å²) in [7, 11) is 0. The van der Waals surface area contributed by atoms with Crippen LogP contribution in [0.4, 0.5) is 10.5 Å². The number of carbonyl (C=O) groups excluding carboxylic acids is 1. The topological polar surface area (TPSA) is 66.7 Å². The standard InChI is InChI=1S/C21H29N3O3S/c1-2-3-11-27-19-6-4-18(5-7-19)23-21(25)22-15-20(17-8-12-26-16-17)24-9-13-28-14-10-24/h4-8,12,16,20H,2-3,9-11,13-15H2,1H3,(H2,22,23,25)/t20-/m0/s1. The van der Waals surface area contributed by atoms with E-state index in [0.29, 0.717) is 13.2 Å². The lowest BCUT2D eigenvalue weighted by atomic mass is 10.1. The van der Waals surface area contributed by atoms with Crippen LogP contribution >= 0.6 is 11.8 Å². The van der Waals surface area contributed by atoms with Crippen LogP contribution in [0.3, 0.4) is 0 Å². The summed E-state index contributed by atoms with van der Waals surface area (Å²) in [4.78, 5) is 14.8. The van der Waals surface area contributed by atoms with Gasteiger partial charge in [0.2, 0.25) is 0 Å². The van der Waals surface area contributed by atoms with Crippen molar-refractivity contribution >= 4 is 23.5 Å². The molecule has 3 rings (SSSR count). The van der Waals surface area contributed by atoms with Gasteiger partial charge < -0.3 is 19.8 Å². The van der Waals surface area contributed by atoms with Gasteiger partial charge in [0, 0.05) is 42.4 Å². The molecule has 0 spiro atoms. The number of benzene rings is 1. The fourth-order valence-electron chi connectivity index (χ4n) is 3.15. The van der Waals surface area contributed by atoms with E-state index >= 15 is 0 Å². The Balaban J connectivity index is 1.50. The highest BCUT2D eigenvalue weighted by molar-refractivity contribution is 7.99. The first-order valence-electron chi connectivity index (χ1n) is 9.88. The molecule has 0 aliphatic carbocycles. The third-order valence-corrected chi connectivity index (χ3v) is 5.69. The molecule has 1 fully saturated rings. The zero-order valence-corrected chi connectivity index (χ0v) is 17.2. The molecule has 1 aromatic heterocycles.